The first-order chi connectivity index (χ1) is 7.83. The van der Waals surface area contributed by atoms with Crippen LogP contribution in [0.4, 0.5) is 0 Å². The first-order valence-electron chi connectivity index (χ1n) is 5.27. The number of amides is 1. The van der Waals surface area contributed by atoms with Crippen LogP contribution in [0.15, 0.2) is 24.4 Å². The average molecular weight is 223 g/mol. The van der Waals surface area contributed by atoms with Crippen LogP contribution in [-0.4, -0.2) is 37.2 Å². The average Bonchev–Trinajstić information content (AvgIpc) is 2.33. The molecule has 1 amide bonds. The zero-order valence-corrected chi connectivity index (χ0v) is 9.19. The van der Waals surface area contributed by atoms with Crippen molar-refractivity contribution in [3.63, 3.8) is 0 Å². The quantitative estimate of drug-likeness (QED) is 0.623. The second-order valence-electron chi connectivity index (χ2n) is 3.26. The lowest BCUT2D eigenvalue weighted by Crippen LogP contribution is -2.32. The van der Waals surface area contributed by atoms with Crippen LogP contribution in [0.5, 0.6) is 0 Å². The maximum atomic E-state index is 11.1. The number of aromatic nitrogens is 1. The van der Waals surface area contributed by atoms with Crippen LogP contribution >= 0.6 is 0 Å². The first kappa shape index (κ1) is 12.6. The lowest BCUT2D eigenvalue weighted by molar-refractivity contribution is -0.125. The number of hydrogen-bond acceptors (Lipinski definition) is 4. The molecule has 0 spiro atoms. The third-order valence-electron chi connectivity index (χ3n) is 1.93. The largest absolute Gasteiger partial charge is 0.371 e. The summed E-state index contributed by atoms with van der Waals surface area (Å²) in [6.45, 7) is 1.50. The molecule has 1 heterocycles. The van der Waals surface area contributed by atoms with Gasteiger partial charge >= 0.3 is 0 Å². The molecule has 0 fully saturated rings. The first-order valence-corrected chi connectivity index (χ1v) is 5.27. The molecule has 3 N–H and O–H groups in total. The fraction of sp³-hybridized carbons (Fsp3) is 0.455. The van der Waals surface area contributed by atoms with E-state index in [1.54, 1.807) is 6.20 Å². The van der Waals surface area contributed by atoms with Crippen molar-refractivity contribution in [1.29, 1.82) is 0 Å². The highest BCUT2D eigenvalue weighted by Crippen LogP contribution is 1.94. The SMILES string of the molecule is NCCNC(=O)COCCc1ccccn1. The van der Waals surface area contributed by atoms with Crippen molar-refractivity contribution in [3.05, 3.63) is 30.1 Å². The van der Waals surface area contributed by atoms with Gasteiger partial charge in [-0.1, -0.05) is 6.07 Å². The summed E-state index contributed by atoms with van der Waals surface area (Å²) in [6.07, 6.45) is 2.45. The summed E-state index contributed by atoms with van der Waals surface area (Å²) in [5, 5.41) is 2.63. The van der Waals surface area contributed by atoms with E-state index in [0.717, 1.165) is 5.69 Å². The van der Waals surface area contributed by atoms with Crippen molar-refractivity contribution in [1.82, 2.24) is 10.3 Å². The van der Waals surface area contributed by atoms with E-state index in [0.29, 0.717) is 26.1 Å². The van der Waals surface area contributed by atoms with Gasteiger partial charge in [0.15, 0.2) is 0 Å². The van der Waals surface area contributed by atoms with Gasteiger partial charge in [-0.25, -0.2) is 0 Å². The molecule has 0 aromatic carbocycles. The molecule has 1 rings (SSSR count). The van der Waals surface area contributed by atoms with Crippen LogP contribution < -0.4 is 11.1 Å². The summed E-state index contributed by atoms with van der Waals surface area (Å²) in [5.41, 5.74) is 6.21. The molecule has 0 aliphatic carbocycles. The van der Waals surface area contributed by atoms with E-state index in [4.69, 9.17) is 10.5 Å². The number of nitrogens with two attached hydrogens (primary N) is 1. The highest BCUT2D eigenvalue weighted by molar-refractivity contribution is 5.77. The number of nitrogens with one attached hydrogen (secondary N) is 1. The number of nitrogens with zero attached hydrogens (tertiary/aromatic N) is 1. The summed E-state index contributed by atoms with van der Waals surface area (Å²) in [5.74, 6) is -0.133. The lowest BCUT2D eigenvalue weighted by Gasteiger charge is -2.04. The summed E-state index contributed by atoms with van der Waals surface area (Å²) in [4.78, 5) is 15.3. The standard InChI is InChI=1S/C11H17N3O2/c12-5-7-14-11(15)9-16-8-4-10-3-1-2-6-13-10/h1-3,6H,4-5,7-9,12H2,(H,14,15). The van der Waals surface area contributed by atoms with Crippen LogP contribution in [0, 0.1) is 0 Å². The monoisotopic (exact) mass is 223 g/mol. The summed E-state index contributed by atoms with van der Waals surface area (Å²) < 4.78 is 5.20. The molecule has 0 bridgehead atoms. The molecule has 0 unspecified atom stereocenters. The summed E-state index contributed by atoms with van der Waals surface area (Å²) in [6, 6.07) is 5.72. The molecule has 88 valence electrons. The van der Waals surface area contributed by atoms with E-state index in [2.05, 4.69) is 10.3 Å². The van der Waals surface area contributed by atoms with Gasteiger partial charge in [0.25, 0.3) is 0 Å². The van der Waals surface area contributed by atoms with Crippen molar-refractivity contribution in [2.45, 2.75) is 6.42 Å². The van der Waals surface area contributed by atoms with Gasteiger partial charge in [0.2, 0.25) is 5.91 Å². The number of ether oxygens (including phenoxy) is 1. The minimum atomic E-state index is -0.133. The van der Waals surface area contributed by atoms with Gasteiger partial charge in [-0.15, -0.1) is 0 Å². The fourth-order valence-electron chi connectivity index (χ4n) is 1.15. The van der Waals surface area contributed by atoms with Crippen LogP contribution in [0.3, 0.4) is 0 Å². The zero-order chi connectivity index (χ0) is 11.6. The van der Waals surface area contributed by atoms with Gasteiger partial charge in [-0.2, -0.15) is 0 Å². The third-order valence-corrected chi connectivity index (χ3v) is 1.93. The highest BCUT2D eigenvalue weighted by atomic mass is 16.5. The predicted octanol–water partition coefficient (Wildman–Crippen LogP) is -0.284. The normalized spacial score (nSPS) is 10.1. The Morgan fingerprint density at radius 2 is 2.38 bits per heavy atom. The van der Waals surface area contributed by atoms with E-state index in [1.807, 2.05) is 18.2 Å². The molecule has 0 saturated heterocycles. The van der Waals surface area contributed by atoms with Crippen LogP contribution in [0.1, 0.15) is 5.69 Å². The molecular formula is C11H17N3O2. The second-order valence-corrected chi connectivity index (χ2v) is 3.26. The molecule has 0 saturated carbocycles. The minimum Gasteiger partial charge on any atom is -0.371 e. The third kappa shape index (κ3) is 5.43. The number of pyridine rings is 1. The smallest absolute Gasteiger partial charge is 0.246 e. The molecule has 16 heavy (non-hydrogen) atoms. The van der Waals surface area contributed by atoms with Crippen LogP contribution in [-0.2, 0) is 16.0 Å². The molecule has 5 heteroatoms. The maximum Gasteiger partial charge on any atom is 0.246 e. The molecule has 1 aromatic rings. The summed E-state index contributed by atoms with van der Waals surface area (Å²) >= 11 is 0. The molecular weight excluding hydrogens is 206 g/mol. The maximum absolute atomic E-state index is 11.1. The van der Waals surface area contributed by atoms with E-state index < -0.39 is 0 Å². The Morgan fingerprint density at radius 1 is 1.50 bits per heavy atom. The predicted molar refractivity (Wildman–Crippen MR) is 60.8 cm³/mol. The van der Waals surface area contributed by atoms with Crippen molar-refractivity contribution in [2.24, 2.45) is 5.73 Å². The number of rotatable bonds is 7. The van der Waals surface area contributed by atoms with Gasteiger partial charge in [0.05, 0.1) is 6.61 Å². The molecule has 0 atom stereocenters. The van der Waals surface area contributed by atoms with Crippen molar-refractivity contribution >= 4 is 5.91 Å². The topological polar surface area (TPSA) is 77.2 Å². The Hall–Kier alpha value is -1.46. The van der Waals surface area contributed by atoms with Gasteiger partial charge in [-0.3, -0.25) is 9.78 Å². The van der Waals surface area contributed by atoms with Crippen molar-refractivity contribution in [2.75, 3.05) is 26.3 Å². The molecule has 1 aromatic heterocycles. The Labute approximate surface area is 95.0 Å². The zero-order valence-electron chi connectivity index (χ0n) is 9.19. The van der Waals surface area contributed by atoms with E-state index in [1.165, 1.54) is 0 Å². The molecule has 0 radical (unpaired) electrons. The van der Waals surface area contributed by atoms with Gasteiger partial charge in [0, 0.05) is 31.4 Å². The van der Waals surface area contributed by atoms with Crippen LogP contribution in [0.25, 0.3) is 0 Å². The molecule has 0 aliphatic heterocycles. The number of hydrogen-bond donors (Lipinski definition) is 2. The fourth-order valence-corrected chi connectivity index (χ4v) is 1.15. The number of carbonyl (C=O) groups is 1. The Balaban J connectivity index is 2.06. The lowest BCUT2D eigenvalue weighted by atomic mass is 10.3. The second kappa shape index (κ2) is 7.78. The van der Waals surface area contributed by atoms with Crippen molar-refractivity contribution < 1.29 is 9.53 Å². The Morgan fingerprint density at radius 3 is 3.06 bits per heavy atom. The Kier molecular flexibility index (Phi) is 6.13. The van der Waals surface area contributed by atoms with Gasteiger partial charge in [-0.05, 0) is 12.1 Å². The number of carbonyl (C=O) groups excluding carboxylic acids is 1. The summed E-state index contributed by atoms with van der Waals surface area (Å²) in [7, 11) is 0. The van der Waals surface area contributed by atoms with Crippen molar-refractivity contribution in [3.8, 4) is 0 Å². The Bertz CT molecular complexity index is 303. The van der Waals surface area contributed by atoms with Gasteiger partial charge < -0.3 is 15.8 Å². The van der Waals surface area contributed by atoms with E-state index in [-0.39, 0.29) is 12.5 Å². The van der Waals surface area contributed by atoms with E-state index >= 15 is 0 Å². The van der Waals surface area contributed by atoms with E-state index in [9.17, 15) is 4.79 Å². The van der Waals surface area contributed by atoms with Crippen LogP contribution in [0.2, 0.25) is 0 Å². The minimum absolute atomic E-state index is 0.0762. The van der Waals surface area contributed by atoms with Gasteiger partial charge in [0.1, 0.15) is 6.61 Å². The molecule has 5 nitrogen and oxygen atoms in total. The molecule has 0 aliphatic rings. The highest BCUT2D eigenvalue weighted by Gasteiger charge is 2.00.